The lowest BCUT2D eigenvalue weighted by Gasteiger charge is -2.38. The van der Waals surface area contributed by atoms with E-state index in [4.69, 9.17) is 0 Å². The van der Waals surface area contributed by atoms with Crippen molar-refractivity contribution in [1.82, 2.24) is 10.6 Å². The Morgan fingerprint density at radius 2 is 1.95 bits per heavy atom. The third kappa shape index (κ3) is 3.50. The molecule has 3 heteroatoms. The maximum atomic E-state index is 12.4. The number of rotatable bonds is 3. The molecule has 5 atom stereocenters. The summed E-state index contributed by atoms with van der Waals surface area (Å²) in [6.07, 6.45) is 4.73. The topological polar surface area (TPSA) is 41.1 Å². The summed E-state index contributed by atoms with van der Waals surface area (Å²) in [5.74, 6) is 2.52. The Morgan fingerprint density at radius 1 is 1.21 bits per heavy atom. The highest BCUT2D eigenvalue weighted by molar-refractivity contribution is 5.80. The summed E-state index contributed by atoms with van der Waals surface area (Å²) in [5, 5.41) is 6.74. The van der Waals surface area contributed by atoms with E-state index in [0.29, 0.717) is 23.9 Å². The van der Waals surface area contributed by atoms with Crippen LogP contribution in [0.2, 0.25) is 0 Å². The van der Waals surface area contributed by atoms with Crippen LogP contribution in [-0.2, 0) is 4.79 Å². The second-order valence-corrected chi connectivity index (χ2v) is 7.08. The van der Waals surface area contributed by atoms with Crippen molar-refractivity contribution in [3.05, 3.63) is 0 Å². The zero-order valence-corrected chi connectivity index (χ0v) is 12.9. The lowest BCUT2D eigenvalue weighted by Crippen LogP contribution is -2.48. The number of hydrogen-bond acceptors (Lipinski definition) is 2. The Bertz CT molecular complexity index is 316. The molecule has 1 amide bonds. The van der Waals surface area contributed by atoms with Gasteiger partial charge in [0.15, 0.2) is 0 Å². The molecule has 0 spiro atoms. The van der Waals surface area contributed by atoms with Gasteiger partial charge in [-0.05, 0) is 50.5 Å². The van der Waals surface area contributed by atoms with E-state index in [1.807, 2.05) is 0 Å². The van der Waals surface area contributed by atoms with Gasteiger partial charge in [0.1, 0.15) is 0 Å². The normalized spacial score (nSPS) is 39.5. The van der Waals surface area contributed by atoms with E-state index in [0.717, 1.165) is 25.3 Å². The van der Waals surface area contributed by atoms with E-state index in [1.165, 1.54) is 12.8 Å². The first kappa shape index (κ1) is 14.8. The third-order valence-corrected chi connectivity index (χ3v) is 5.21. The minimum absolute atomic E-state index is 0.171. The highest BCUT2D eigenvalue weighted by atomic mass is 16.2. The Hall–Kier alpha value is -0.570. The molecule has 0 radical (unpaired) electrons. The fraction of sp³-hybridized carbons (Fsp3) is 0.938. The minimum atomic E-state index is 0.171. The lowest BCUT2D eigenvalue weighted by molar-refractivity contribution is -0.126. The van der Waals surface area contributed by atoms with E-state index < -0.39 is 0 Å². The van der Waals surface area contributed by atoms with Crippen LogP contribution in [0.25, 0.3) is 0 Å². The molecule has 0 bridgehead atoms. The fourth-order valence-corrected chi connectivity index (χ4v) is 3.87. The van der Waals surface area contributed by atoms with Gasteiger partial charge in [-0.3, -0.25) is 4.79 Å². The molecule has 1 heterocycles. The molecule has 3 nitrogen and oxygen atoms in total. The SMILES string of the molecule is CC1CCC(C(C)C)C(NC(=O)C2CCNC2C)C1. The van der Waals surface area contributed by atoms with Gasteiger partial charge in [-0.25, -0.2) is 0 Å². The van der Waals surface area contributed by atoms with E-state index in [1.54, 1.807) is 0 Å². The van der Waals surface area contributed by atoms with Crippen molar-refractivity contribution < 1.29 is 4.79 Å². The highest BCUT2D eigenvalue weighted by Crippen LogP contribution is 2.33. The largest absolute Gasteiger partial charge is 0.353 e. The summed E-state index contributed by atoms with van der Waals surface area (Å²) in [5.41, 5.74) is 0. The van der Waals surface area contributed by atoms with Gasteiger partial charge in [-0.15, -0.1) is 0 Å². The first-order valence-corrected chi connectivity index (χ1v) is 8.02. The van der Waals surface area contributed by atoms with Crippen molar-refractivity contribution in [3.8, 4) is 0 Å². The third-order valence-electron chi connectivity index (χ3n) is 5.21. The molecule has 2 rings (SSSR count). The second kappa shape index (κ2) is 6.25. The van der Waals surface area contributed by atoms with Crippen LogP contribution in [0.4, 0.5) is 0 Å². The Balaban J connectivity index is 1.96. The van der Waals surface area contributed by atoms with Crippen molar-refractivity contribution in [1.29, 1.82) is 0 Å². The second-order valence-electron chi connectivity index (χ2n) is 7.08. The summed E-state index contributed by atoms with van der Waals surface area (Å²) >= 11 is 0. The number of nitrogens with one attached hydrogen (secondary N) is 2. The molecule has 110 valence electrons. The lowest BCUT2D eigenvalue weighted by atomic mass is 9.74. The Kier molecular flexibility index (Phi) is 4.88. The maximum Gasteiger partial charge on any atom is 0.224 e. The maximum absolute atomic E-state index is 12.4. The number of amides is 1. The number of carbonyl (C=O) groups is 1. The minimum Gasteiger partial charge on any atom is -0.353 e. The molecular formula is C16H30N2O. The molecule has 1 saturated carbocycles. The van der Waals surface area contributed by atoms with E-state index in [9.17, 15) is 4.79 Å². The van der Waals surface area contributed by atoms with Crippen molar-refractivity contribution in [2.75, 3.05) is 6.54 Å². The number of hydrogen-bond donors (Lipinski definition) is 2. The summed E-state index contributed by atoms with van der Waals surface area (Å²) in [6, 6.07) is 0.725. The van der Waals surface area contributed by atoms with Crippen LogP contribution in [0.1, 0.15) is 53.4 Å². The van der Waals surface area contributed by atoms with Crippen LogP contribution >= 0.6 is 0 Å². The van der Waals surface area contributed by atoms with E-state index in [-0.39, 0.29) is 11.8 Å². The number of carbonyl (C=O) groups excluding carboxylic acids is 1. The highest BCUT2D eigenvalue weighted by Gasteiger charge is 2.35. The molecule has 1 saturated heterocycles. The van der Waals surface area contributed by atoms with Gasteiger partial charge >= 0.3 is 0 Å². The average molecular weight is 266 g/mol. The van der Waals surface area contributed by atoms with Crippen LogP contribution in [-0.4, -0.2) is 24.5 Å². The molecule has 2 aliphatic rings. The fourth-order valence-electron chi connectivity index (χ4n) is 3.87. The van der Waals surface area contributed by atoms with Gasteiger partial charge in [-0.1, -0.05) is 27.2 Å². The smallest absolute Gasteiger partial charge is 0.224 e. The first-order valence-electron chi connectivity index (χ1n) is 8.02. The summed E-state index contributed by atoms with van der Waals surface area (Å²) in [6.45, 7) is 10.0. The molecule has 2 fully saturated rings. The average Bonchev–Trinajstić information content (AvgIpc) is 2.75. The van der Waals surface area contributed by atoms with Crippen molar-refractivity contribution in [3.63, 3.8) is 0 Å². The van der Waals surface area contributed by atoms with Crippen molar-refractivity contribution >= 4 is 5.91 Å². The van der Waals surface area contributed by atoms with Crippen molar-refractivity contribution in [2.24, 2.45) is 23.7 Å². The van der Waals surface area contributed by atoms with Crippen LogP contribution < -0.4 is 10.6 Å². The predicted octanol–water partition coefficient (Wildman–Crippen LogP) is 2.56. The van der Waals surface area contributed by atoms with Gasteiger partial charge in [0.05, 0.1) is 5.92 Å². The molecule has 2 N–H and O–H groups in total. The molecule has 0 aromatic carbocycles. The standard InChI is InChI=1S/C16H30N2O/c1-10(2)13-6-5-11(3)9-15(13)18-16(19)14-7-8-17-12(14)4/h10-15,17H,5-9H2,1-4H3,(H,18,19). The van der Waals surface area contributed by atoms with Gasteiger partial charge < -0.3 is 10.6 Å². The monoisotopic (exact) mass is 266 g/mol. The zero-order valence-electron chi connectivity index (χ0n) is 12.9. The molecule has 1 aliphatic heterocycles. The summed E-state index contributed by atoms with van der Waals surface area (Å²) < 4.78 is 0. The quantitative estimate of drug-likeness (QED) is 0.824. The molecule has 0 aromatic heterocycles. The van der Waals surface area contributed by atoms with Gasteiger partial charge in [0.2, 0.25) is 5.91 Å². The zero-order chi connectivity index (χ0) is 14.0. The van der Waals surface area contributed by atoms with Gasteiger partial charge in [0, 0.05) is 12.1 Å². The van der Waals surface area contributed by atoms with E-state index >= 15 is 0 Å². The molecule has 5 unspecified atom stereocenters. The Morgan fingerprint density at radius 3 is 2.53 bits per heavy atom. The first-order chi connectivity index (χ1) is 8.99. The van der Waals surface area contributed by atoms with Crippen LogP contribution in [0.3, 0.4) is 0 Å². The Labute approximate surface area is 117 Å². The van der Waals surface area contributed by atoms with Crippen LogP contribution in [0.5, 0.6) is 0 Å². The van der Waals surface area contributed by atoms with Crippen LogP contribution in [0, 0.1) is 23.7 Å². The summed E-state index contributed by atoms with van der Waals surface area (Å²) in [4.78, 5) is 12.4. The van der Waals surface area contributed by atoms with Crippen molar-refractivity contribution in [2.45, 2.75) is 65.5 Å². The van der Waals surface area contributed by atoms with Gasteiger partial charge in [0.25, 0.3) is 0 Å². The van der Waals surface area contributed by atoms with Gasteiger partial charge in [-0.2, -0.15) is 0 Å². The predicted molar refractivity (Wildman–Crippen MR) is 78.8 cm³/mol. The van der Waals surface area contributed by atoms with Crippen LogP contribution in [0.15, 0.2) is 0 Å². The van der Waals surface area contributed by atoms with E-state index in [2.05, 4.69) is 38.3 Å². The molecule has 0 aromatic rings. The summed E-state index contributed by atoms with van der Waals surface area (Å²) in [7, 11) is 0. The molecule has 19 heavy (non-hydrogen) atoms. The molecular weight excluding hydrogens is 236 g/mol. The molecule has 1 aliphatic carbocycles.